The Balaban J connectivity index is 1.82. The number of nitrogen functional groups attached to an aromatic ring is 1. The molecule has 3 rings (SSSR count). The van der Waals surface area contributed by atoms with Gasteiger partial charge in [0.15, 0.2) is 11.5 Å². The molecule has 0 spiro atoms. The first kappa shape index (κ1) is 15.7. The maximum atomic E-state index is 13.3. The van der Waals surface area contributed by atoms with Crippen LogP contribution in [0.1, 0.15) is 29.0 Å². The Morgan fingerprint density at radius 3 is 2.67 bits per heavy atom. The number of nitrogens with zero attached hydrogens (tertiary/aromatic N) is 3. The highest BCUT2D eigenvalue weighted by molar-refractivity contribution is 5.96. The lowest BCUT2D eigenvalue weighted by Crippen LogP contribution is -2.27. The molecule has 0 aliphatic rings. The van der Waals surface area contributed by atoms with E-state index in [9.17, 15) is 9.18 Å². The summed E-state index contributed by atoms with van der Waals surface area (Å²) in [5.41, 5.74) is 7.32. The third-order valence-corrected chi connectivity index (χ3v) is 3.62. The molecule has 0 fully saturated rings. The van der Waals surface area contributed by atoms with Crippen molar-refractivity contribution < 1.29 is 9.18 Å². The maximum absolute atomic E-state index is 13.3. The largest absolute Gasteiger partial charge is 0.382 e. The number of nitrogens with one attached hydrogen (secondary N) is 1. The van der Waals surface area contributed by atoms with Crippen molar-refractivity contribution in [1.82, 2.24) is 20.3 Å². The molecule has 0 unspecified atom stereocenters. The molecule has 0 aliphatic carbocycles. The molecule has 7 heteroatoms. The molecule has 122 valence electrons. The lowest BCUT2D eigenvalue weighted by atomic mass is 10.1. The van der Waals surface area contributed by atoms with Crippen LogP contribution in [0.3, 0.4) is 0 Å². The molecular weight excluding hydrogens is 309 g/mol. The van der Waals surface area contributed by atoms with Gasteiger partial charge in [-0.2, -0.15) is 4.68 Å². The first-order chi connectivity index (χ1) is 11.6. The van der Waals surface area contributed by atoms with Crippen LogP contribution in [-0.2, 0) is 0 Å². The summed E-state index contributed by atoms with van der Waals surface area (Å²) in [6.45, 7) is 1.86. The Kier molecular flexibility index (Phi) is 4.24. The van der Waals surface area contributed by atoms with Gasteiger partial charge in [-0.05, 0) is 30.7 Å². The summed E-state index contributed by atoms with van der Waals surface area (Å²) in [7, 11) is 0. The van der Waals surface area contributed by atoms with Crippen LogP contribution >= 0.6 is 0 Å². The maximum Gasteiger partial charge on any atom is 0.276 e. The molecule has 1 aromatic heterocycles. The third-order valence-electron chi connectivity index (χ3n) is 3.62. The Morgan fingerprint density at radius 2 is 1.96 bits per heavy atom. The number of benzene rings is 2. The van der Waals surface area contributed by atoms with Crippen molar-refractivity contribution in [2.45, 2.75) is 13.0 Å². The van der Waals surface area contributed by atoms with Gasteiger partial charge in [0.2, 0.25) is 0 Å². The number of carbonyl (C=O) groups excluding carboxylic acids is 1. The summed E-state index contributed by atoms with van der Waals surface area (Å²) in [6.07, 6.45) is 0. The van der Waals surface area contributed by atoms with Gasteiger partial charge >= 0.3 is 0 Å². The van der Waals surface area contributed by atoms with E-state index in [-0.39, 0.29) is 17.6 Å². The minimum absolute atomic E-state index is 0.00189. The Hall–Kier alpha value is -3.22. The number of halogens is 1. The molecule has 24 heavy (non-hydrogen) atoms. The summed E-state index contributed by atoms with van der Waals surface area (Å²) < 4.78 is 14.6. The van der Waals surface area contributed by atoms with E-state index in [1.165, 1.54) is 22.9 Å². The Bertz CT molecular complexity index is 862. The highest BCUT2D eigenvalue weighted by atomic mass is 19.1. The second-order valence-electron chi connectivity index (χ2n) is 5.32. The van der Waals surface area contributed by atoms with Gasteiger partial charge in [-0.3, -0.25) is 4.79 Å². The van der Waals surface area contributed by atoms with Crippen molar-refractivity contribution in [2.75, 3.05) is 5.73 Å². The number of hydrogen-bond donors (Lipinski definition) is 2. The molecular formula is C17H16FN5O. The van der Waals surface area contributed by atoms with Gasteiger partial charge in [0.25, 0.3) is 5.91 Å². The molecule has 0 radical (unpaired) electrons. The van der Waals surface area contributed by atoms with Crippen molar-refractivity contribution in [1.29, 1.82) is 0 Å². The minimum atomic E-state index is -0.438. The number of amides is 1. The minimum Gasteiger partial charge on any atom is -0.382 e. The van der Waals surface area contributed by atoms with E-state index in [1.54, 1.807) is 6.07 Å². The van der Waals surface area contributed by atoms with Crippen LogP contribution in [0.2, 0.25) is 0 Å². The highest BCUT2D eigenvalue weighted by Crippen LogP contribution is 2.17. The quantitative estimate of drug-likeness (QED) is 0.771. The second kappa shape index (κ2) is 6.49. The van der Waals surface area contributed by atoms with Gasteiger partial charge in [-0.25, -0.2) is 4.39 Å². The molecule has 0 saturated carbocycles. The molecule has 1 atom stereocenters. The van der Waals surface area contributed by atoms with E-state index in [2.05, 4.69) is 15.6 Å². The average molecular weight is 325 g/mol. The van der Waals surface area contributed by atoms with Gasteiger partial charge in [0, 0.05) is 0 Å². The SMILES string of the molecule is C[C@H](NC(=O)c1nnn(-c2cccc(F)c2)c1N)c1ccccc1. The summed E-state index contributed by atoms with van der Waals surface area (Å²) in [6, 6.07) is 15.0. The van der Waals surface area contributed by atoms with Crippen LogP contribution in [0, 0.1) is 5.82 Å². The molecule has 0 aliphatic heterocycles. The van der Waals surface area contributed by atoms with Crippen molar-refractivity contribution in [3.63, 3.8) is 0 Å². The van der Waals surface area contributed by atoms with Crippen LogP contribution < -0.4 is 11.1 Å². The predicted octanol–water partition coefficient (Wildman–Crippen LogP) is 2.48. The standard InChI is InChI=1S/C17H16FN5O/c1-11(12-6-3-2-4-7-12)20-17(24)15-16(19)23(22-21-15)14-9-5-8-13(18)10-14/h2-11H,19H2,1H3,(H,20,24)/t11-/m0/s1. The van der Waals surface area contributed by atoms with Crippen LogP contribution in [0.15, 0.2) is 54.6 Å². The molecule has 1 amide bonds. The Morgan fingerprint density at radius 1 is 1.21 bits per heavy atom. The lowest BCUT2D eigenvalue weighted by Gasteiger charge is -2.13. The van der Waals surface area contributed by atoms with Gasteiger partial charge in [0.05, 0.1) is 11.7 Å². The van der Waals surface area contributed by atoms with E-state index in [0.717, 1.165) is 5.56 Å². The van der Waals surface area contributed by atoms with Gasteiger partial charge in [0.1, 0.15) is 5.82 Å². The third kappa shape index (κ3) is 3.10. The molecule has 3 aromatic rings. The molecule has 6 nitrogen and oxygen atoms in total. The van der Waals surface area contributed by atoms with Crippen LogP contribution in [0.4, 0.5) is 10.2 Å². The predicted molar refractivity (Wildman–Crippen MR) is 88.1 cm³/mol. The first-order valence-electron chi connectivity index (χ1n) is 7.39. The fraction of sp³-hybridized carbons (Fsp3) is 0.118. The number of carbonyl (C=O) groups is 1. The highest BCUT2D eigenvalue weighted by Gasteiger charge is 2.20. The van der Waals surface area contributed by atoms with Crippen LogP contribution in [-0.4, -0.2) is 20.9 Å². The van der Waals surface area contributed by atoms with Crippen molar-refractivity contribution in [3.05, 3.63) is 71.7 Å². The summed E-state index contributed by atoms with van der Waals surface area (Å²) in [4.78, 5) is 12.4. The fourth-order valence-electron chi connectivity index (χ4n) is 2.34. The molecule has 0 saturated heterocycles. The zero-order chi connectivity index (χ0) is 17.1. The molecule has 3 N–H and O–H groups in total. The summed E-state index contributed by atoms with van der Waals surface area (Å²) >= 11 is 0. The van der Waals surface area contributed by atoms with E-state index >= 15 is 0 Å². The summed E-state index contributed by atoms with van der Waals surface area (Å²) in [5, 5.41) is 10.5. The number of rotatable bonds is 4. The van der Waals surface area contributed by atoms with E-state index in [4.69, 9.17) is 5.73 Å². The lowest BCUT2D eigenvalue weighted by molar-refractivity contribution is 0.0935. The van der Waals surface area contributed by atoms with E-state index in [0.29, 0.717) is 5.69 Å². The number of nitrogens with two attached hydrogens (primary N) is 1. The number of hydrogen-bond acceptors (Lipinski definition) is 4. The van der Waals surface area contributed by atoms with Gasteiger partial charge < -0.3 is 11.1 Å². The zero-order valence-corrected chi connectivity index (χ0v) is 13.0. The second-order valence-corrected chi connectivity index (χ2v) is 5.32. The van der Waals surface area contributed by atoms with Gasteiger partial charge in [-0.15, -0.1) is 5.10 Å². The summed E-state index contributed by atoms with van der Waals surface area (Å²) in [5.74, 6) is -0.809. The monoisotopic (exact) mass is 325 g/mol. The van der Waals surface area contributed by atoms with Crippen LogP contribution in [0.25, 0.3) is 5.69 Å². The smallest absolute Gasteiger partial charge is 0.276 e. The molecule has 2 aromatic carbocycles. The van der Waals surface area contributed by atoms with Gasteiger partial charge in [-0.1, -0.05) is 41.6 Å². The van der Waals surface area contributed by atoms with Crippen molar-refractivity contribution >= 4 is 11.7 Å². The molecule has 1 heterocycles. The van der Waals surface area contributed by atoms with E-state index in [1.807, 2.05) is 37.3 Å². The number of anilines is 1. The van der Waals surface area contributed by atoms with Crippen molar-refractivity contribution in [3.8, 4) is 5.69 Å². The first-order valence-corrected chi connectivity index (χ1v) is 7.39. The molecule has 0 bridgehead atoms. The normalized spacial score (nSPS) is 11.9. The van der Waals surface area contributed by atoms with E-state index < -0.39 is 11.7 Å². The van der Waals surface area contributed by atoms with Crippen LogP contribution in [0.5, 0.6) is 0 Å². The zero-order valence-electron chi connectivity index (χ0n) is 13.0. The Labute approximate surface area is 138 Å². The fourth-order valence-corrected chi connectivity index (χ4v) is 2.34. The number of aromatic nitrogens is 3. The van der Waals surface area contributed by atoms with Crippen molar-refractivity contribution in [2.24, 2.45) is 0 Å². The topological polar surface area (TPSA) is 85.8 Å². The average Bonchev–Trinajstić information content (AvgIpc) is 2.97.